The molecule has 2 aromatic carbocycles. The number of nitrogens with zero attached hydrogens (tertiary/aromatic N) is 1. The monoisotopic (exact) mass is 317 g/mol. The van der Waals surface area contributed by atoms with Crippen molar-refractivity contribution in [2.75, 3.05) is 7.11 Å². The fourth-order valence-corrected chi connectivity index (χ4v) is 2.13. The Morgan fingerprint density at radius 2 is 1.83 bits per heavy atom. The molecule has 23 heavy (non-hydrogen) atoms. The van der Waals surface area contributed by atoms with E-state index in [9.17, 15) is 24.8 Å². The van der Waals surface area contributed by atoms with Gasteiger partial charge < -0.3 is 14.9 Å². The first-order valence-corrected chi connectivity index (χ1v) is 6.28. The lowest BCUT2D eigenvalue weighted by atomic mass is 9.97. The minimum atomic E-state index is -1.36. The zero-order valence-electron chi connectivity index (χ0n) is 11.8. The van der Waals surface area contributed by atoms with Crippen molar-refractivity contribution in [2.45, 2.75) is 0 Å². The van der Waals surface area contributed by atoms with Crippen LogP contribution in [0.2, 0.25) is 0 Å². The van der Waals surface area contributed by atoms with Crippen molar-refractivity contribution in [3.05, 3.63) is 57.6 Å². The molecule has 0 spiro atoms. The largest absolute Gasteiger partial charge is 0.495 e. The quantitative estimate of drug-likeness (QED) is 0.641. The maximum atomic E-state index is 11.3. The number of aromatic carboxylic acids is 2. The molecule has 0 amide bonds. The number of ether oxygens (including phenoxy) is 1. The third kappa shape index (κ3) is 3.10. The van der Waals surface area contributed by atoms with Gasteiger partial charge in [-0.2, -0.15) is 0 Å². The topological polar surface area (TPSA) is 127 Å². The van der Waals surface area contributed by atoms with E-state index >= 15 is 0 Å². The summed E-state index contributed by atoms with van der Waals surface area (Å²) in [4.78, 5) is 32.8. The third-order valence-electron chi connectivity index (χ3n) is 3.14. The van der Waals surface area contributed by atoms with Crippen LogP contribution in [-0.4, -0.2) is 34.2 Å². The summed E-state index contributed by atoms with van der Waals surface area (Å²) in [6.45, 7) is 0. The van der Waals surface area contributed by atoms with Gasteiger partial charge in [0, 0.05) is 17.7 Å². The molecule has 2 rings (SSSR count). The van der Waals surface area contributed by atoms with Crippen LogP contribution >= 0.6 is 0 Å². The van der Waals surface area contributed by atoms with E-state index in [2.05, 4.69) is 0 Å². The molecule has 8 heteroatoms. The van der Waals surface area contributed by atoms with Crippen molar-refractivity contribution >= 4 is 17.6 Å². The summed E-state index contributed by atoms with van der Waals surface area (Å²) < 4.78 is 5.08. The Morgan fingerprint density at radius 3 is 2.35 bits per heavy atom. The smallest absolute Gasteiger partial charge is 0.339 e. The van der Waals surface area contributed by atoms with Crippen molar-refractivity contribution in [3.63, 3.8) is 0 Å². The summed E-state index contributed by atoms with van der Waals surface area (Å²) in [5.74, 6) is -2.75. The number of carboxylic acids is 2. The minimum absolute atomic E-state index is 0.0667. The maximum absolute atomic E-state index is 11.3. The van der Waals surface area contributed by atoms with Crippen LogP contribution in [0.4, 0.5) is 5.69 Å². The first kappa shape index (κ1) is 16.0. The highest BCUT2D eigenvalue weighted by atomic mass is 16.6. The molecule has 0 unspecified atom stereocenters. The fourth-order valence-electron chi connectivity index (χ4n) is 2.13. The van der Waals surface area contributed by atoms with Gasteiger partial charge in [-0.1, -0.05) is 12.1 Å². The van der Waals surface area contributed by atoms with Gasteiger partial charge in [-0.3, -0.25) is 10.1 Å². The number of hydrogen-bond donors (Lipinski definition) is 2. The zero-order valence-corrected chi connectivity index (χ0v) is 11.8. The molecule has 0 fully saturated rings. The van der Waals surface area contributed by atoms with Crippen LogP contribution < -0.4 is 4.74 Å². The number of benzene rings is 2. The summed E-state index contributed by atoms with van der Waals surface area (Å²) >= 11 is 0. The molecule has 0 radical (unpaired) electrons. The van der Waals surface area contributed by atoms with Crippen molar-refractivity contribution in [1.29, 1.82) is 0 Å². The van der Waals surface area contributed by atoms with E-state index < -0.39 is 16.9 Å². The first-order valence-electron chi connectivity index (χ1n) is 6.28. The number of nitro groups is 1. The van der Waals surface area contributed by atoms with Crippen molar-refractivity contribution in [3.8, 4) is 16.9 Å². The Labute approximate surface area is 129 Å². The molecule has 0 saturated heterocycles. The highest BCUT2D eigenvalue weighted by Gasteiger charge is 2.21. The Morgan fingerprint density at radius 1 is 1.13 bits per heavy atom. The van der Waals surface area contributed by atoms with Crippen LogP contribution in [0.1, 0.15) is 20.7 Å². The van der Waals surface area contributed by atoms with Crippen LogP contribution in [0, 0.1) is 10.1 Å². The maximum Gasteiger partial charge on any atom is 0.339 e. The van der Waals surface area contributed by atoms with E-state index in [1.807, 2.05) is 0 Å². The molecule has 2 N–H and O–H groups in total. The summed E-state index contributed by atoms with van der Waals surface area (Å²) in [7, 11) is 1.24. The first-order chi connectivity index (χ1) is 10.8. The van der Waals surface area contributed by atoms with Gasteiger partial charge in [0.1, 0.15) is 11.3 Å². The lowest BCUT2D eigenvalue weighted by Gasteiger charge is -2.13. The highest BCUT2D eigenvalue weighted by molar-refractivity contribution is 5.99. The average Bonchev–Trinajstić information content (AvgIpc) is 2.53. The number of rotatable bonds is 5. The molecule has 0 heterocycles. The van der Waals surface area contributed by atoms with E-state index in [1.165, 1.54) is 37.4 Å². The lowest BCUT2D eigenvalue weighted by molar-refractivity contribution is -0.384. The number of carboxylic acid groups (broad SMARTS) is 2. The molecule has 2 aromatic rings. The molecular weight excluding hydrogens is 306 g/mol. The van der Waals surface area contributed by atoms with Crippen molar-refractivity contribution < 1.29 is 29.5 Å². The SMILES string of the molecule is COc1c(C(=O)O)cc(C(=O)O)cc1-c1cccc([N+](=O)[O-])c1. The van der Waals surface area contributed by atoms with E-state index in [4.69, 9.17) is 9.84 Å². The zero-order chi connectivity index (χ0) is 17.1. The Balaban J connectivity index is 2.78. The summed E-state index contributed by atoms with van der Waals surface area (Å²) in [5.41, 5.74) is -0.379. The Hall–Kier alpha value is -3.42. The lowest BCUT2D eigenvalue weighted by Crippen LogP contribution is -2.06. The number of methoxy groups -OCH3 is 1. The van der Waals surface area contributed by atoms with Gasteiger partial charge in [-0.25, -0.2) is 9.59 Å². The van der Waals surface area contributed by atoms with Crippen LogP contribution in [0.5, 0.6) is 5.75 Å². The number of nitro benzene ring substituents is 1. The van der Waals surface area contributed by atoms with Crippen LogP contribution in [0.15, 0.2) is 36.4 Å². The Kier molecular flexibility index (Phi) is 4.26. The van der Waals surface area contributed by atoms with E-state index in [0.29, 0.717) is 0 Å². The second kappa shape index (κ2) is 6.14. The predicted molar refractivity (Wildman–Crippen MR) is 79.0 cm³/mol. The Bertz CT molecular complexity index is 813. The second-order valence-corrected chi connectivity index (χ2v) is 4.52. The number of hydrogen-bond acceptors (Lipinski definition) is 5. The molecule has 0 bridgehead atoms. The number of carbonyl (C=O) groups is 2. The van der Waals surface area contributed by atoms with Gasteiger partial charge in [0.25, 0.3) is 5.69 Å². The second-order valence-electron chi connectivity index (χ2n) is 4.52. The van der Waals surface area contributed by atoms with Gasteiger partial charge in [-0.05, 0) is 17.7 Å². The van der Waals surface area contributed by atoms with Gasteiger partial charge in [0.2, 0.25) is 0 Å². The predicted octanol–water partition coefficient (Wildman–Crippen LogP) is 2.67. The van der Waals surface area contributed by atoms with Gasteiger partial charge >= 0.3 is 11.9 Å². The van der Waals surface area contributed by atoms with E-state index in [-0.39, 0.29) is 33.7 Å². The molecule has 0 saturated carbocycles. The molecule has 118 valence electrons. The standard InChI is InChI=1S/C15H11NO7/c1-23-13-11(8-3-2-4-10(5-8)16(21)22)6-9(14(17)18)7-12(13)15(19)20/h2-7H,1H3,(H,17,18)(H,19,20). The van der Waals surface area contributed by atoms with Gasteiger partial charge in [0.15, 0.2) is 0 Å². The molecule has 8 nitrogen and oxygen atoms in total. The van der Waals surface area contributed by atoms with Crippen LogP contribution in [-0.2, 0) is 0 Å². The average molecular weight is 317 g/mol. The number of non-ortho nitro benzene ring substituents is 1. The molecule has 0 aromatic heterocycles. The van der Waals surface area contributed by atoms with Crippen LogP contribution in [0.25, 0.3) is 11.1 Å². The molecule has 0 aliphatic rings. The van der Waals surface area contributed by atoms with E-state index in [1.54, 1.807) is 0 Å². The molecular formula is C15H11NO7. The minimum Gasteiger partial charge on any atom is -0.495 e. The van der Waals surface area contributed by atoms with E-state index in [0.717, 1.165) is 6.07 Å². The molecule has 0 aliphatic heterocycles. The fraction of sp³-hybridized carbons (Fsp3) is 0.0667. The third-order valence-corrected chi connectivity index (χ3v) is 3.14. The summed E-state index contributed by atoms with van der Waals surface area (Å²) in [5, 5.41) is 29.2. The van der Waals surface area contributed by atoms with Crippen molar-refractivity contribution in [2.24, 2.45) is 0 Å². The van der Waals surface area contributed by atoms with Crippen LogP contribution in [0.3, 0.4) is 0 Å². The highest BCUT2D eigenvalue weighted by Crippen LogP contribution is 2.36. The van der Waals surface area contributed by atoms with Crippen molar-refractivity contribution in [1.82, 2.24) is 0 Å². The summed E-state index contributed by atoms with van der Waals surface area (Å²) in [6, 6.07) is 7.60. The molecule has 0 atom stereocenters. The normalized spacial score (nSPS) is 10.1. The van der Waals surface area contributed by atoms with Gasteiger partial charge in [-0.15, -0.1) is 0 Å². The summed E-state index contributed by atoms with van der Waals surface area (Å²) in [6.07, 6.45) is 0. The van der Waals surface area contributed by atoms with Gasteiger partial charge in [0.05, 0.1) is 17.6 Å². The molecule has 0 aliphatic carbocycles.